The first-order valence-corrected chi connectivity index (χ1v) is 9.30. The Morgan fingerprint density at radius 3 is 2.61 bits per heavy atom. The summed E-state index contributed by atoms with van der Waals surface area (Å²) >= 11 is 0. The molecule has 4 heterocycles. The summed E-state index contributed by atoms with van der Waals surface area (Å²) in [7, 11) is 0. The first-order valence-electron chi connectivity index (χ1n) is 9.30. The maximum atomic E-state index is 12.3. The molecule has 0 unspecified atom stereocenters. The molecule has 0 radical (unpaired) electrons. The molecule has 1 saturated heterocycles. The molecule has 0 saturated carbocycles. The number of carbonyl (C=O) groups excluding carboxylic acids is 2. The normalized spacial score (nSPS) is 14.8. The van der Waals surface area contributed by atoms with Gasteiger partial charge in [0.25, 0.3) is 0 Å². The lowest BCUT2D eigenvalue weighted by atomic mass is 10.0. The number of piperidine rings is 1. The van der Waals surface area contributed by atoms with Crippen molar-refractivity contribution in [3.05, 3.63) is 54.7 Å². The van der Waals surface area contributed by atoms with Gasteiger partial charge >= 0.3 is 11.8 Å². The molecule has 1 aliphatic heterocycles. The zero-order chi connectivity index (χ0) is 19.5. The predicted molar refractivity (Wildman–Crippen MR) is 106 cm³/mol. The third-order valence-electron chi connectivity index (χ3n) is 4.99. The number of fused-ring (bicyclic) bond motifs is 1. The van der Waals surface area contributed by atoms with E-state index in [0.29, 0.717) is 5.69 Å². The Morgan fingerprint density at radius 1 is 1.11 bits per heavy atom. The van der Waals surface area contributed by atoms with Crippen LogP contribution in [0.15, 0.2) is 49.2 Å². The van der Waals surface area contributed by atoms with Crippen LogP contribution in [0.5, 0.6) is 0 Å². The summed E-state index contributed by atoms with van der Waals surface area (Å²) in [5.41, 5.74) is 3.44. The molecule has 0 aliphatic carbocycles. The Morgan fingerprint density at radius 2 is 1.86 bits per heavy atom. The highest BCUT2D eigenvalue weighted by Gasteiger charge is 2.23. The van der Waals surface area contributed by atoms with E-state index < -0.39 is 11.8 Å². The summed E-state index contributed by atoms with van der Waals surface area (Å²) in [6, 6.07) is 5.76. The van der Waals surface area contributed by atoms with Crippen LogP contribution in [0, 0.1) is 6.92 Å². The minimum absolute atomic E-state index is 0.00537. The minimum Gasteiger partial charge on any atom is -0.371 e. The van der Waals surface area contributed by atoms with Gasteiger partial charge in [0.2, 0.25) is 0 Å². The number of pyridine rings is 2. The van der Waals surface area contributed by atoms with Gasteiger partial charge in [0, 0.05) is 55.8 Å². The van der Waals surface area contributed by atoms with Crippen LogP contribution in [-0.4, -0.2) is 45.3 Å². The molecule has 1 aliphatic rings. The molecule has 4 rings (SSSR count). The molecule has 1 fully saturated rings. The van der Waals surface area contributed by atoms with E-state index in [-0.39, 0.29) is 6.04 Å². The second-order valence-electron chi connectivity index (χ2n) is 6.96. The van der Waals surface area contributed by atoms with Gasteiger partial charge in [-0.15, -0.1) is 0 Å². The van der Waals surface area contributed by atoms with Crippen molar-refractivity contribution in [2.45, 2.75) is 25.8 Å². The van der Waals surface area contributed by atoms with Gasteiger partial charge in [-0.2, -0.15) is 0 Å². The van der Waals surface area contributed by atoms with Crippen LogP contribution in [-0.2, 0) is 9.59 Å². The number of hydrogen-bond acceptors (Lipinski definition) is 5. The highest BCUT2D eigenvalue weighted by Crippen LogP contribution is 2.19. The number of amides is 2. The van der Waals surface area contributed by atoms with E-state index in [1.165, 1.54) is 0 Å². The fraction of sp³-hybridized carbons (Fsp3) is 0.300. The summed E-state index contributed by atoms with van der Waals surface area (Å²) in [6.07, 6.45) is 10.4. The molecular formula is C20H22N6O2. The Balaban J connectivity index is 1.31. The summed E-state index contributed by atoms with van der Waals surface area (Å²) in [5, 5.41) is 5.52. The zero-order valence-electron chi connectivity index (χ0n) is 15.6. The molecule has 0 bridgehead atoms. The summed E-state index contributed by atoms with van der Waals surface area (Å²) in [5.74, 6) is -1.26. The molecule has 0 aromatic carbocycles. The molecule has 0 spiro atoms. The number of nitrogens with one attached hydrogen (secondary N) is 2. The first-order chi connectivity index (χ1) is 13.6. The lowest BCUT2D eigenvalue weighted by molar-refractivity contribution is -0.136. The van der Waals surface area contributed by atoms with Gasteiger partial charge in [0.15, 0.2) is 0 Å². The number of imidazole rings is 1. The third kappa shape index (κ3) is 3.80. The van der Waals surface area contributed by atoms with Crippen LogP contribution < -0.4 is 15.5 Å². The van der Waals surface area contributed by atoms with E-state index in [0.717, 1.165) is 42.8 Å². The van der Waals surface area contributed by atoms with Crippen molar-refractivity contribution >= 4 is 28.8 Å². The highest BCUT2D eigenvalue weighted by atomic mass is 16.2. The Bertz CT molecular complexity index is 992. The van der Waals surface area contributed by atoms with Gasteiger partial charge in [0.05, 0.1) is 5.69 Å². The number of rotatable bonds is 3. The second kappa shape index (κ2) is 7.67. The second-order valence-corrected chi connectivity index (χ2v) is 6.96. The molecule has 8 heteroatoms. The number of aryl methyl sites for hydroxylation is 1. The molecule has 28 heavy (non-hydrogen) atoms. The van der Waals surface area contributed by atoms with E-state index in [2.05, 4.69) is 25.5 Å². The number of nitrogens with zero attached hydrogens (tertiary/aromatic N) is 4. The standard InChI is InChI=1S/C20H22N6O2/c1-14-12-16(13-26-11-8-22-18(14)26)24-20(28)19(27)23-15-4-9-25(10-5-15)17-2-6-21-7-3-17/h2-3,6-8,11-13,15H,4-5,9-10H2,1H3,(H,23,27)(H,24,28). The van der Waals surface area contributed by atoms with E-state index >= 15 is 0 Å². The number of carbonyl (C=O) groups is 2. The topological polar surface area (TPSA) is 91.6 Å². The van der Waals surface area contributed by atoms with Crippen LogP contribution in [0.25, 0.3) is 5.65 Å². The first kappa shape index (κ1) is 18.0. The summed E-state index contributed by atoms with van der Waals surface area (Å²) in [6.45, 7) is 3.56. The van der Waals surface area contributed by atoms with Gasteiger partial charge in [-0.05, 0) is 43.5 Å². The fourth-order valence-corrected chi connectivity index (χ4v) is 3.55. The van der Waals surface area contributed by atoms with Crippen molar-refractivity contribution in [2.24, 2.45) is 0 Å². The molecule has 2 N–H and O–H groups in total. The predicted octanol–water partition coefficient (Wildman–Crippen LogP) is 1.76. The quantitative estimate of drug-likeness (QED) is 0.678. The number of hydrogen-bond donors (Lipinski definition) is 2. The van der Waals surface area contributed by atoms with Crippen molar-refractivity contribution < 1.29 is 9.59 Å². The molecule has 3 aromatic rings. The molecule has 0 atom stereocenters. The Labute approximate surface area is 162 Å². The monoisotopic (exact) mass is 378 g/mol. The van der Waals surface area contributed by atoms with E-state index in [1.54, 1.807) is 37.1 Å². The minimum atomic E-state index is -0.657. The van der Waals surface area contributed by atoms with Crippen LogP contribution in [0.4, 0.5) is 11.4 Å². The molecular weight excluding hydrogens is 356 g/mol. The Kier molecular flexibility index (Phi) is 4.92. The number of anilines is 2. The lowest BCUT2D eigenvalue weighted by Gasteiger charge is -2.33. The Hall–Kier alpha value is -3.42. The van der Waals surface area contributed by atoms with Gasteiger partial charge in [-0.3, -0.25) is 14.6 Å². The highest BCUT2D eigenvalue weighted by molar-refractivity contribution is 6.39. The average Bonchev–Trinajstić information content (AvgIpc) is 3.18. The summed E-state index contributed by atoms with van der Waals surface area (Å²) in [4.78, 5) is 35.1. The fourth-order valence-electron chi connectivity index (χ4n) is 3.55. The maximum absolute atomic E-state index is 12.3. The van der Waals surface area contributed by atoms with Crippen molar-refractivity contribution in [2.75, 3.05) is 23.3 Å². The molecule has 2 amide bonds. The van der Waals surface area contributed by atoms with Crippen molar-refractivity contribution in [3.63, 3.8) is 0 Å². The lowest BCUT2D eigenvalue weighted by Crippen LogP contribution is -2.47. The maximum Gasteiger partial charge on any atom is 0.313 e. The smallest absolute Gasteiger partial charge is 0.313 e. The zero-order valence-corrected chi connectivity index (χ0v) is 15.6. The van der Waals surface area contributed by atoms with E-state index in [1.807, 2.05) is 23.5 Å². The van der Waals surface area contributed by atoms with Gasteiger partial charge < -0.3 is 19.9 Å². The van der Waals surface area contributed by atoms with Crippen LogP contribution >= 0.6 is 0 Å². The third-order valence-corrected chi connectivity index (χ3v) is 4.99. The summed E-state index contributed by atoms with van der Waals surface area (Å²) < 4.78 is 1.82. The SMILES string of the molecule is Cc1cc(NC(=O)C(=O)NC2CCN(c3ccncc3)CC2)cn2ccnc12. The molecule has 8 nitrogen and oxygen atoms in total. The van der Waals surface area contributed by atoms with Crippen molar-refractivity contribution in [1.29, 1.82) is 0 Å². The van der Waals surface area contributed by atoms with Gasteiger partial charge in [-0.25, -0.2) is 4.98 Å². The van der Waals surface area contributed by atoms with Crippen LogP contribution in [0.1, 0.15) is 18.4 Å². The van der Waals surface area contributed by atoms with Crippen LogP contribution in [0.2, 0.25) is 0 Å². The van der Waals surface area contributed by atoms with E-state index in [9.17, 15) is 9.59 Å². The van der Waals surface area contributed by atoms with Crippen molar-refractivity contribution in [1.82, 2.24) is 19.7 Å². The largest absolute Gasteiger partial charge is 0.371 e. The van der Waals surface area contributed by atoms with Crippen molar-refractivity contribution in [3.8, 4) is 0 Å². The average molecular weight is 378 g/mol. The van der Waals surface area contributed by atoms with Gasteiger partial charge in [-0.1, -0.05) is 0 Å². The van der Waals surface area contributed by atoms with E-state index in [4.69, 9.17) is 0 Å². The molecule has 144 valence electrons. The number of aromatic nitrogens is 3. The van der Waals surface area contributed by atoms with Crippen LogP contribution in [0.3, 0.4) is 0 Å². The van der Waals surface area contributed by atoms with Gasteiger partial charge in [0.1, 0.15) is 5.65 Å². The molecule has 3 aromatic heterocycles.